The first kappa shape index (κ1) is 31.9. The Labute approximate surface area is 266 Å². The molecule has 0 bridgehead atoms. The third-order valence-electron chi connectivity index (χ3n) is 10.3. The Hall–Kier alpha value is -3.05. The molecule has 8 nitrogen and oxygen atoms in total. The summed E-state index contributed by atoms with van der Waals surface area (Å²) in [5, 5.41) is 11.6. The zero-order valence-corrected chi connectivity index (χ0v) is 27.8. The van der Waals surface area contributed by atoms with E-state index in [1.165, 1.54) is 0 Å². The highest BCUT2D eigenvalue weighted by molar-refractivity contribution is 6.74. The Kier molecular flexibility index (Phi) is 8.95. The molecule has 6 rings (SSSR count). The Morgan fingerprint density at radius 3 is 2.16 bits per heavy atom. The molecule has 1 N–H and O–H groups in total. The standard InChI is InChI=1S/C36H44O8Si/c1-22(2)36(3,4)45(5,6)44-34-30(37)32(31-29(41-34)21-39-33(42-31)23-14-8-7-9-15-23)43-35(38)40-20-28-26-18-12-10-16-24(26)25-17-11-13-19-27(25)28/h7-19,22,28-34,37H,20-21H2,1-6H3/t29-,30-,31+,32-,33+,34+/m1/s1. The first-order chi connectivity index (χ1) is 21.5. The van der Waals surface area contributed by atoms with E-state index < -0.39 is 51.5 Å². The van der Waals surface area contributed by atoms with Gasteiger partial charge < -0.3 is 33.2 Å². The zero-order valence-electron chi connectivity index (χ0n) is 26.8. The summed E-state index contributed by atoms with van der Waals surface area (Å²) in [6.45, 7) is 13.2. The molecule has 45 heavy (non-hydrogen) atoms. The minimum Gasteiger partial charge on any atom is -0.433 e. The smallest absolute Gasteiger partial charge is 0.433 e. The molecule has 3 aromatic rings. The quantitative estimate of drug-likeness (QED) is 0.206. The highest BCUT2D eigenvalue weighted by Crippen LogP contribution is 2.47. The molecule has 1 aliphatic carbocycles. The lowest BCUT2D eigenvalue weighted by Crippen LogP contribution is -2.65. The van der Waals surface area contributed by atoms with Crippen LogP contribution in [0.5, 0.6) is 0 Å². The molecule has 0 unspecified atom stereocenters. The number of fused-ring (bicyclic) bond motifs is 4. The van der Waals surface area contributed by atoms with Gasteiger partial charge in [0, 0.05) is 11.5 Å². The van der Waals surface area contributed by atoms with E-state index in [4.69, 9.17) is 28.1 Å². The average Bonchev–Trinajstić information content (AvgIpc) is 3.35. The summed E-state index contributed by atoms with van der Waals surface area (Å²) in [4.78, 5) is 13.4. The summed E-state index contributed by atoms with van der Waals surface area (Å²) in [5.41, 5.74) is 5.29. The second-order valence-corrected chi connectivity index (χ2v) is 18.1. The van der Waals surface area contributed by atoms with Gasteiger partial charge in [0.1, 0.15) is 24.9 Å². The highest BCUT2D eigenvalue weighted by atomic mass is 28.4. The van der Waals surface area contributed by atoms with E-state index in [1.54, 1.807) is 0 Å². The van der Waals surface area contributed by atoms with E-state index >= 15 is 0 Å². The number of aliphatic hydroxyl groups is 1. The summed E-state index contributed by atoms with van der Waals surface area (Å²) in [6.07, 6.45) is -6.47. The van der Waals surface area contributed by atoms with Gasteiger partial charge in [-0.05, 0) is 46.3 Å². The van der Waals surface area contributed by atoms with Crippen molar-refractivity contribution in [3.63, 3.8) is 0 Å². The van der Waals surface area contributed by atoms with Crippen LogP contribution in [0, 0.1) is 5.92 Å². The molecule has 9 heteroatoms. The average molecular weight is 633 g/mol. The number of ether oxygens (including phenoxy) is 5. The Bertz CT molecular complexity index is 1450. The summed E-state index contributed by atoms with van der Waals surface area (Å²) in [5.74, 6) is 0.216. The van der Waals surface area contributed by atoms with Gasteiger partial charge in [0.2, 0.25) is 0 Å². The number of aliphatic hydroxyl groups excluding tert-OH is 1. The first-order valence-electron chi connectivity index (χ1n) is 15.8. The fourth-order valence-electron chi connectivity index (χ4n) is 6.45. The minimum absolute atomic E-state index is 0.0966. The number of hydrogen-bond acceptors (Lipinski definition) is 8. The minimum atomic E-state index is -2.45. The van der Waals surface area contributed by atoms with Crippen molar-refractivity contribution in [1.29, 1.82) is 0 Å². The topological polar surface area (TPSA) is 92.7 Å². The second-order valence-electron chi connectivity index (χ2n) is 13.6. The lowest BCUT2D eigenvalue weighted by atomic mass is 9.97. The van der Waals surface area contributed by atoms with Crippen molar-refractivity contribution >= 4 is 14.5 Å². The SMILES string of the molecule is CC(C)C(C)(C)[Si](C)(C)O[C@@H]1O[C@@H]2CO[C@H](c3ccccc3)O[C@@H]2[C@H](OC(=O)OCC2c3ccccc3-c3ccccc32)[C@H]1O. The third-order valence-corrected chi connectivity index (χ3v) is 14.8. The largest absolute Gasteiger partial charge is 0.508 e. The number of benzene rings is 3. The van der Waals surface area contributed by atoms with Crippen LogP contribution in [0.3, 0.4) is 0 Å². The van der Waals surface area contributed by atoms with E-state index in [0.29, 0.717) is 5.92 Å². The Balaban J connectivity index is 1.22. The molecular weight excluding hydrogens is 588 g/mol. The lowest BCUT2D eigenvalue weighted by molar-refractivity contribution is -0.352. The van der Waals surface area contributed by atoms with Gasteiger partial charge in [-0.1, -0.05) is 107 Å². The summed E-state index contributed by atoms with van der Waals surface area (Å²) >= 11 is 0. The maximum absolute atomic E-state index is 13.4. The van der Waals surface area contributed by atoms with Crippen molar-refractivity contribution in [3.8, 4) is 11.1 Å². The molecule has 0 radical (unpaired) electrons. The Morgan fingerprint density at radius 2 is 1.53 bits per heavy atom. The molecule has 2 aliphatic heterocycles. The van der Waals surface area contributed by atoms with E-state index in [0.717, 1.165) is 27.8 Å². The highest BCUT2D eigenvalue weighted by Gasteiger charge is 2.55. The van der Waals surface area contributed by atoms with Crippen LogP contribution in [-0.2, 0) is 28.1 Å². The van der Waals surface area contributed by atoms with Gasteiger partial charge in [0.05, 0.1) is 6.61 Å². The van der Waals surface area contributed by atoms with Crippen LogP contribution < -0.4 is 0 Å². The molecule has 0 saturated carbocycles. The van der Waals surface area contributed by atoms with Crippen LogP contribution >= 0.6 is 0 Å². The second kappa shape index (κ2) is 12.6. The van der Waals surface area contributed by atoms with Gasteiger partial charge in [-0.15, -0.1) is 0 Å². The van der Waals surface area contributed by atoms with Crippen LogP contribution in [0.1, 0.15) is 56.6 Å². The maximum Gasteiger partial charge on any atom is 0.508 e. The number of carbonyl (C=O) groups excluding carboxylic acids is 1. The molecule has 0 spiro atoms. The van der Waals surface area contributed by atoms with Crippen LogP contribution in [0.25, 0.3) is 11.1 Å². The molecule has 3 aromatic carbocycles. The molecule has 2 saturated heterocycles. The molecule has 2 heterocycles. The predicted molar refractivity (Wildman–Crippen MR) is 172 cm³/mol. The monoisotopic (exact) mass is 632 g/mol. The van der Waals surface area contributed by atoms with E-state index in [2.05, 4.69) is 65.1 Å². The molecule has 0 aromatic heterocycles. The number of carbonyl (C=O) groups is 1. The van der Waals surface area contributed by atoms with Gasteiger partial charge in [-0.3, -0.25) is 0 Å². The molecule has 6 atom stereocenters. The van der Waals surface area contributed by atoms with E-state index in [-0.39, 0.29) is 24.2 Å². The van der Waals surface area contributed by atoms with Gasteiger partial charge in [-0.25, -0.2) is 4.79 Å². The third kappa shape index (κ3) is 6.10. The fourth-order valence-corrected chi connectivity index (χ4v) is 8.92. The molecular formula is C36H44O8Si. The van der Waals surface area contributed by atoms with Crippen LogP contribution in [0.2, 0.25) is 18.1 Å². The Morgan fingerprint density at radius 1 is 0.933 bits per heavy atom. The zero-order chi connectivity index (χ0) is 31.9. The van der Waals surface area contributed by atoms with Crippen LogP contribution in [-0.4, -0.2) is 63.5 Å². The van der Waals surface area contributed by atoms with Gasteiger partial charge >= 0.3 is 6.16 Å². The first-order valence-corrected chi connectivity index (χ1v) is 18.7. The van der Waals surface area contributed by atoms with Gasteiger partial charge in [-0.2, -0.15) is 0 Å². The van der Waals surface area contributed by atoms with Crippen molar-refractivity contribution in [3.05, 3.63) is 95.6 Å². The molecule has 0 amide bonds. The van der Waals surface area contributed by atoms with Crippen molar-refractivity contribution in [2.75, 3.05) is 13.2 Å². The van der Waals surface area contributed by atoms with E-state index in [9.17, 15) is 9.90 Å². The number of hydrogen-bond donors (Lipinski definition) is 1. The van der Waals surface area contributed by atoms with Crippen LogP contribution in [0.4, 0.5) is 4.79 Å². The summed E-state index contributed by atoms with van der Waals surface area (Å²) in [6, 6.07) is 25.8. The normalized spacial score (nSPS) is 26.6. The summed E-state index contributed by atoms with van der Waals surface area (Å²) in [7, 11) is -2.45. The van der Waals surface area contributed by atoms with Gasteiger partial charge in [0.15, 0.2) is 27.0 Å². The molecule has 240 valence electrons. The van der Waals surface area contributed by atoms with Crippen LogP contribution in [0.15, 0.2) is 78.9 Å². The lowest BCUT2D eigenvalue weighted by Gasteiger charge is -2.50. The molecule has 3 aliphatic rings. The fraction of sp³-hybridized carbons (Fsp3) is 0.472. The summed E-state index contributed by atoms with van der Waals surface area (Å²) < 4.78 is 37.0. The molecule has 2 fully saturated rings. The van der Waals surface area contributed by atoms with Crippen molar-refractivity contribution in [2.45, 2.75) is 88.7 Å². The number of rotatable bonds is 8. The van der Waals surface area contributed by atoms with E-state index in [1.807, 2.05) is 54.6 Å². The van der Waals surface area contributed by atoms with Crippen molar-refractivity contribution in [2.24, 2.45) is 5.92 Å². The van der Waals surface area contributed by atoms with Crippen molar-refractivity contribution in [1.82, 2.24) is 0 Å². The van der Waals surface area contributed by atoms with Gasteiger partial charge in [0.25, 0.3) is 0 Å². The maximum atomic E-state index is 13.4. The van der Waals surface area contributed by atoms with Crippen molar-refractivity contribution < 1.29 is 38.0 Å². The predicted octanol–water partition coefficient (Wildman–Crippen LogP) is 7.18.